The molecule has 1 saturated carbocycles. The predicted octanol–water partition coefficient (Wildman–Crippen LogP) is 4.21. The van der Waals surface area contributed by atoms with Crippen LogP contribution in [0.2, 0.25) is 4.34 Å². The highest BCUT2D eigenvalue weighted by Gasteiger charge is 2.45. The van der Waals surface area contributed by atoms with Gasteiger partial charge in [0.15, 0.2) is 0 Å². The SMILES string of the molecule is CN1CCN(CC(c2csc(Cl)c2)C2(O)CCC(Cl)(Cl)CC2)CC1. The third kappa shape index (κ3) is 4.59. The summed E-state index contributed by atoms with van der Waals surface area (Å²) in [6, 6.07) is 2.01. The predicted molar refractivity (Wildman–Crippen MR) is 104 cm³/mol. The van der Waals surface area contributed by atoms with E-state index in [1.165, 1.54) is 11.3 Å². The molecule has 2 heterocycles. The molecule has 1 aromatic rings. The van der Waals surface area contributed by atoms with Gasteiger partial charge in [0.2, 0.25) is 0 Å². The summed E-state index contributed by atoms with van der Waals surface area (Å²) in [5.74, 6) is 0.0501. The lowest BCUT2D eigenvalue weighted by Gasteiger charge is -2.45. The Bertz CT molecular complexity index is 548. The van der Waals surface area contributed by atoms with Crippen molar-refractivity contribution in [2.45, 2.75) is 41.5 Å². The Morgan fingerprint density at radius 1 is 1.17 bits per heavy atom. The minimum atomic E-state index is -0.763. The van der Waals surface area contributed by atoms with Crippen molar-refractivity contribution in [1.82, 2.24) is 9.80 Å². The van der Waals surface area contributed by atoms with Crippen LogP contribution in [0.4, 0.5) is 0 Å². The molecule has 3 nitrogen and oxygen atoms in total. The zero-order chi connectivity index (χ0) is 17.4. The second kappa shape index (κ2) is 7.59. The smallest absolute Gasteiger partial charge is 0.118 e. The van der Waals surface area contributed by atoms with Crippen LogP contribution in [0.5, 0.6) is 0 Å². The normalized spacial score (nSPS) is 26.4. The molecule has 1 atom stereocenters. The maximum atomic E-state index is 11.4. The van der Waals surface area contributed by atoms with Gasteiger partial charge in [0.1, 0.15) is 4.33 Å². The lowest BCUT2D eigenvalue weighted by molar-refractivity contribution is -0.0352. The summed E-state index contributed by atoms with van der Waals surface area (Å²) < 4.78 is 0.0773. The molecule has 1 aliphatic carbocycles. The molecule has 2 aliphatic rings. The van der Waals surface area contributed by atoms with Crippen LogP contribution < -0.4 is 0 Å². The Morgan fingerprint density at radius 3 is 2.33 bits per heavy atom. The molecule has 1 N–H and O–H groups in total. The molecule has 1 unspecified atom stereocenters. The lowest BCUT2D eigenvalue weighted by Crippen LogP contribution is -2.50. The van der Waals surface area contributed by atoms with Gasteiger partial charge in [-0.2, -0.15) is 0 Å². The topological polar surface area (TPSA) is 26.7 Å². The minimum Gasteiger partial charge on any atom is -0.389 e. The standard InChI is InChI=1S/C17H25Cl3N2OS/c1-21-6-8-22(9-7-21)11-14(13-10-15(18)24-12-13)16(23)2-4-17(19,20)5-3-16/h10,12,14,23H,2-9,11H2,1H3. The van der Waals surface area contributed by atoms with E-state index in [1.54, 1.807) is 0 Å². The van der Waals surface area contributed by atoms with Crippen molar-refractivity contribution >= 4 is 46.1 Å². The van der Waals surface area contributed by atoms with Gasteiger partial charge in [-0.15, -0.1) is 34.5 Å². The summed E-state index contributed by atoms with van der Waals surface area (Å²) in [5, 5.41) is 13.5. The van der Waals surface area contributed by atoms with Gasteiger partial charge in [-0.3, -0.25) is 0 Å². The Morgan fingerprint density at radius 2 is 1.79 bits per heavy atom. The van der Waals surface area contributed by atoms with Crippen molar-refractivity contribution in [3.8, 4) is 0 Å². The van der Waals surface area contributed by atoms with Gasteiger partial charge in [0.05, 0.1) is 9.94 Å². The molecule has 0 aromatic carbocycles. The van der Waals surface area contributed by atoms with E-state index in [0.717, 1.165) is 42.6 Å². The first kappa shape index (κ1) is 19.2. The Kier molecular flexibility index (Phi) is 6.08. The average molecular weight is 412 g/mol. The largest absolute Gasteiger partial charge is 0.389 e. The number of alkyl halides is 2. The zero-order valence-corrected chi connectivity index (χ0v) is 17.1. The third-order valence-electron chi connectivity index (χ3n) is 5.52. The fourth-order valence-corrected chi connectivity index (χ4v) is 5.10. The first-order valence-electron chi connectivity index (χ1n) is 8.52. The Labute approximate surface area is 163 Å². The fraction of sp³-hybridized carbons (Fsp3) is 0.765. The van der Waals surface area contributed by atoms with Gasteiger partial charge in [-0.05, 0) is 49.7 Å². The summed E-state index contributed by atoms with van der Waals surface area (Å²) in [5.41, 5.74) is 0.379. The van der Waals surface area contributed by atoms with Crippen molar-refractivity contribution in [2.75, 3.05) is 39.8 Å². The van der Waals surface area contributed by atoms with E-state index in [2.05, 4.69) is 22.2 Å². The van der Waals surface area contributed by atoms with Crippen LogP contribution in [-0.2, 0) is 0 Å². The summed E-state index contributed by atoms with van der Waals surface area (Å²) in [6.07, 6.45) is 2.52. The monoisotopic (exact) mass is 410 g/mol. The molecule has 3 rings (SSSR count). The fourth-order valence-electron chi connectivity index (χ4n) is 3.78. The van der Waals surface area contributed by atoms with Crippen molar-refractivity contribution in [2.24, 2.45) is 0 Å². The highest BCUT2D eigenvalue weighted by Crippen LogP contribution is 2.48. The average Bonchev–Trinajstić information content (AvgIpc) is 2.96. The first-order valence-corrected chi connectivity index (χ1v) is 10.5. The molecule has 136 valence electrons. The molecule has 0 spiro atoms. The molecular formula is C17H25Cl3N2OS. The van der Waals surface area contributed by atoms with Crippen molar-refractivity contribution in [3.05, 3.63) is 21.3 Å². The molecule has 0 amide bonds. The van der Waals surface area contributed by atoms with Crippen LogP contribution in [0, 0.1) is 0 Å². The molecule has 7 heteroatoms. The molecule has 1 aromatic heterocycles. The Hall–Kier alpha value is 0.450. The maximum Gasteiger partial charge on any atom is 0.118 e. The lowest BCUT2D eigenvalue weighted by atomic mass is 9.72. The number of rotatable bonds is 4. The minimum absolute atomic E-state index is 0.0501. The molecule has 1 saturated heterocycles. The number of halogens is 3. The van der Waals surface area contributed by atoms with Gasteiger partial charge in [0, 0.05) is 38.6 Å². The summed E-state index contributed by atoms with van der Waals surface area (Å²) >= 11 is 20.3. The molecule has 0 bridgehead atoms. The van der Waals surface area contributed by atoms with Gasteiger partial charge in [0.25, 0.3) is 0 Å². The number of aliphatic hydroxyl groups is 1. The van der Waals surface area contributed by atoms with Crippen molar-refractivity contribution < 1.29 is 5.11 Å². The molecule has 1 aliphatic heterocycles. The summed E-state index contributed by atoms with van der Waals surface area (Å²) in [4.78, 5) is 4.80. The summed E-state index contributed by atoms with van der Waals surface area (Å²) in [7, 11) is 2.16. The van der Waals surface area contributed by atoms with E-state index in [4.69, 9.17) is 34.8 Å². The number of piperazine rings is 1. The quantitative estimate of drug-likeness (QED) is 0.752. The Balaban J connectivity index is 1.77. The van der Waals surface area contributed by atoms with E-state index in [1.807, 2.05) is 6.07 Å². The number of hydrogen-bond donors (Lipinski definition) is 1. The van der Waals surface area contributed by atoms with E-state index < -0.39 is 9.93 Å². The van der Waals surface area contributed by atoms with Crippen LogP contribution >= 0.6 is 46.1 Å². The van der Waals surface area contributed by atoms with Crippen LogP contribution in [-0.4, -0.2) is 64.6 Å². The molecular weight excluding hydrogens is 387 g/mol. The second-order valence-electron chi connectivity index (χ2n) is 7.30. The van der Waals surface area contributed by atoms with Gasteiger partial charge < -0.3 is 14.9 Å². The van der Waals surface area contributed by atoms with Gasteiger partial charge in [-0.25, -0.2) is 0 Å². The van der Waals surface area contributed by atoms with Gasteiger partial charge in [-0.1, -0.05) is 11.6 Å². The van der Waals surface area contributed by atoms with Crippen LogP contribution in [0.25, 0.3) is 0 Å². The molecule has 24 heavy (non-hydrogen) atoms. The second-order valence-corrected chi connectivity index (χ2v) is 10.5. The summed E-state index contributed by atoms with van der Waals surface area (Å²) in [6.45, 7) is 5.07. The molecule has 2 fully saturated rings. The van der Waals surface area contributed by atoms with E-state index in [0.29, 0.717) is 25.7 Å². The van der Waals surface area contributed by atoms with Crippen LogP contribution in [0.3, 0.4) is 0 Å². The number of hydrogen-bond acceptors (Lipinski definition) is 4. The van der Waals surface area contributed by atoms with Crippen LogP contribution in [0.15, 0.2) is 11.4 Å². The maximum absolute atomic E-state index is 11.4. The highest BCUT2D eigenvalue weighted by atomic mass is 35.5. The number of nitrogens with zero attached hydrogens (tertiary/aromatic N) is 2. The third-order valence-corrected chi connectivity index (χ3v) is 7.39. The number of likely N-dealkylation sites (N-methyl/N-ethyl adjacent to an activating group) is 1. The highest BCUT2D eigenvalue weighted by molar-refractivity contribution is 7.14. The molecule has 0 radical (unpaired) electrons. The first-order chi connectivity index (χ1) is 11.3. The van der Waals surface area contributed by atoms with E-state index in [-0.39, 0.29) is 5.92 Å². The van der Waals surface area contributed by atoms with Crippen molar-refractivity contribution in [3.63, 3.8) is 0 Å². The van der Waals surface area contributed by atoms with Gasteiger partial charge >= 0.3 is 0 Å². The number of thiophene rings is 1. The van der Waals surface area contributed by atoms with Crippen LogP contribution in [0.1, 0.15) is 37.2 Å². The zero-order valence-electron chi connectivity index (χ0n) is 14.0. The van der Waals surface area contributed by atoms with E-state index in [9.17, 15) is 5.11 Å². The van der Waals surface area contributed by atoms with Crippen molar-refractivity contribution in [1.29, 1.82) is 0 Å². The van der Waals surface area contributed by atoms with E-state index >= 15 is 0 Å².